The van der Waals surface area contributed by atoms with Crippen molar-refractivity contribution in [3.63, 3.8) is 0 Å². The van der Waals surface area contributed by atoms with Crippen LogP contribution in [0.5, 0.6) is 0 Å². The van der Waals surface area contributed by atoms with E-state index in [1.807, 2.05) is 0 Å². The Bertz CT molecular complexity index is 115. The Hall–Kier alpha value is -0.0800. The highest BCUT2D eigenvalue weighted by Crippen LogP contribution is 2.32. The quantitative estimate of drug-likeness (QED) is 0.524. The second kappa shape index (κ2) is 1.96. The molecular formula is C7H13NO. The highest BCUT2D eigenvalue weighted by Gasteiger charge is 2.38. The van der Waals surface area contributed by atoms with Gasteiger partial charge in [-0.25, -0.2) is 0 Å². The molecule has 0 aromatic heterocycles. The third-order valence-electron chi connectivity index (χ3n) is 2.67. The van der Waals surface area contributed by atoms with Gasteiger partial charge in [0.05, 0.1) is 0 Å². The van der Waals surface area contributed by atoms with E-state index in [9.17, 15) is 0 Å². The van der Waals surface area contributed by atoms with Crippen molar-refractivity contribution < 1.29 is 5.11 Å². The van der Waals surface area contributed by atoms with E-state index >= 15 is 0 Å². The van der Waals surface area contributed by atoms with Gasteiger partial charge in [0.15, 0.2) is 0 Å². The largest absolute Gasteiger partial charge is 0.396 e. The van der Waals surface area contributed by atoms with Crippen LogP contribution in [0.4, 0.5) is 0 Å². The number of fused-ring (bicyclic) bond motifs is 2. The van der Waals surface area contributed by atoms with Crippen LogP contribution in [0.25, 0.3) is 0 Å². The van der Waals surface area contributed by atoms with Gasteiger partial charge in [0.2, 0.25) is 0 Å². The molecule has 2 heteroatoms. The zero-order valence-electron chi connectivity index (χ0n) is 5.51. The minimum Gasteiger partial charge on any atom is -0.396 e. The van der Waals surface area contributed by atoms with Crippen LogP contribution in [0.1, 0.15) is 19.3 Å². The van der Waals surface area contributed by atoms with Gasteiger partial charge >= 0.3 is 0 Å². The topological polar surface area (TPSA) is 32.3 Å². The van der Waals surface area contributed by atoms with Crippen LogP contribution in [-0.4, -0.2) is 23.8 Å². The Morgan fingerprint density at radius 1 is 1.44 bits per heavy atom. The molecule has 0 radical (unpaired) electrons. The molecule has 2 saturated heterocycles. The average Bonchev–Trinajstić information content (AvgIpc) is 2.45. The van der Waals surface area contributed by atoms with Crippen molar-refractivity contribution in [1.29, 1.82) is 0 Å². The van der Waals surface area contributed by atoms with Crippen molar-refractivity contribution in [2.45, 2.75) is 31.3 Å². The molecule has 2 fully saturated rings. The first-order chi connectivity index (χ1) is 4.40. The Balaban J connectivity index is 2.01. The Kier molecular flexibility index (Phi) is 1.24. The number of hydrogen-bond acceptors (Lipinski definition) is 2. The lowest BCUT2D eigenvalue weighted by atomic mass is 9.90. The van der Waals surface area contributed by atoms with E-state index in [1.165, 1.54) is 19.3 Å². The van der Waals surface area contributed by atoms with E-state index < -0.39 is 0 Å². The molecule has 9 heavy (non-hydrogen) atoms. The normalized spacial score (nSPS) is 48.3. The van der Waals surface area contributed by atoms with E-state index in [4.69, 9.17) is 5.11 Å². The van der Waals surface area contributed by atoms with Crippen molar-refractivity contribution in [2.75, 3.05) is 6.61 Å². The smallest absolute Gasteiger partial charge is 0.0474 e. The first-order valence-electron chi connectivity index (χ1n) is 3.77. The van der Waals surface area contributed by atoms with Gasteiger partial charge in [-0.15, -0.1) is 0 Å². The molecule has 0 amide bonds. The van der Waals surface area contributed by atoms with Gasteiger partial charge in [0, 0.05) is 18.7 Å². The standard InChI is InChI=1S/C7H13NO/c9-4-5-3-6-1-2-7(5)8-6/h5-9H,1-4H2/t5-,6-,7-/m1/s1. The molecule has 2 rings (SSSR count). The van der Waals surface area contributed by atoms with E-state index in [0.717, 1.165) is 6.04 Å². The maximum Gasteiger partial charge on any atom is 0.0474 e. The number of aliphatic hydroxyl groups excluding tert-OH is 1. The van der Waals surface area contributed by atoms with Crippen molar-refractivity contribution in [3.05, 3.63) is 0 Å². The second-order valence-electron chi connectivity index (χ2n) is 3.23. The zero-order chi connectivity index (χ0) is 6.27. The van der Waals surface area contributed by atoms with E-state index in [0.29, 0.717) is 18.6 Å². The maximum atomic E-state index is 8.85. The number of nitrogens with one attached hydrogen (secondary N) is 1. The first-order valence-corrected chi connectivity index (χ1v) is 3.77. The Labute approximate surface area is 55.3 Å². The first kappa shape index (κ1) is 5.69. The fourth-order valence-electron chi connectivity index (χ4n) is 2.14. The molecule has 52 valence electrons. The highest BCUT2D eigenvalue weighted by atomic mass is 16.3. The summed E-state index contributed by atoms with van der Waals surface area (Å²) in [4.78, 5) is 0. The van der Waals surface area contributed by atoms with Gasteiger partial charge in [-0.3, -0.25) is 0 Å². The van der Waals surface area contributed by atoms with Gasteiger partial charge in [-0.1, -0.05) is 0 Å². The molecule has 2 heterocycles. The molecule has 0 spiro atoms. The summed E-state index contributed by atoms with van der Waals surface area (Å²) >= 11 is 0. The lowest BCUT2D eigenvalue weighted by Gasteiger charge is -2.16. The van der Waals surface area contributed by atoms with Crippen LogP contribution in [0.2, 0.25) is 0 Å². The van der Waals surface area contributed by atoms with Crippen LogP contribution >= 0.6 is 0 Å². The van der Waals surface area contributed by atoms with Gasteiger partial charge in [-0.05, 0) is 25.2 Å². The monoisotopic (exact) mass is 127 g/mol. The summed E-state index contributed by atoms with van der Waals surface area (Å²) in [6.45, 7) is 0.383. The summed E-state index contributed by atoms with van der Waals surface area (Å²) in [6, 6.07) is 1.40. The van der Waals surface area contributed by atoms with Crippen LogP contribution in [0, 0.1) is 5.92 Å². The van der Waals surface area contributed by atoms with Crippen molar-refractivity contribution in [2.24, 2.45) is 5.92 Å². The van der Waals surface area contributed by atoms with Crippen molar-refractivity contribution in [1.82, 2.24) is 5.32 Å². The molecule has 2 N–H and O–H groups in total. The average molecular weight is 127 g/mol. The summed E-state index contributed by atoms with van der Waals surface area (Å²) in [5, 5.41) is 12.3. The zero-order valence-corrected chi connectivity index (χ0v) is 5.51. The molecule has 0 aromatic rings. The van der Waals surface area contributed by atoms with Crippen LogP contribution in [-0.2, 0) is 0 Å². The van der Waals surface area contributed by atoms with Crippen molar-refractivity contribution in [3.8, 4) is 0 Å². The van der Waals surface area contributed by atoms with Crippen LogP contribution in [0.3, 0.4) is 0 Å². The summed E-state index contributed by atoms with van der Waals surface area (Å²) in [5.74, 6) is 0.573. The second-order valence-corrected chi connectivity index (χ2v) is 3.23. The molecule has 0 saturated carbocycles. The SMILES string of the molecule is OC[C@H]1C[C@H]2CC[C@H]1N2. The minimum atomic E-state index is 0.383. The number of rotatable bonds is 1. The summed E-state index contributed by atoms with van der Waals surface area (Å²) in [5.41, 5.74) is 0. The highest BCUT2D eigenvalue weighted by molar-refractivity contribution is 4.96. The fraction of sp³-hybridized carbons (Fsp3) is 1.00. The van der Waals surface area contributed by atoms with Gasteiger partial charge in [-0.2, -0.15) is 0 Å². The molecule has 3 atom stereocenters. The van der Waals surface area contributed by atoms with E-state index in [2.05, 4.69) is 5.32 Å². The third-order valence-corrected chi connectivity index (χ3v) is 2.67. The number of aliphatic hydroxyl groups is 1. The van der Waals surface area contributed by atoms with Crippen LogP contribution < -0.4 is 5.32 Å². The molecule has 2 aliphatic heterocycles. The van der Waals surface area contributed by atoms with E-state index in [1.54, 1.807) is 0 Å². The molecule has 0 aliphatic carbocycles. The summed E-state index contributed by atoms with van der Waals surface area (Å²) in [6.07, 6.45) is 3.83. The summed E-state index contributed by atoms with van der Waals surface area (Å²) < 4.78 is 0. The van der Waals surface area contributed by atoms with Gasteiger partial charge < -0.3 is 10.4 Å². The molecule has 2 bridgehead atoms. The Morgan fingerprint density at radius 2 is 2.33 bits per heavy atom. The summed E-state index contributed by atoms with van der Waals surface area (Å²) in [7, 11) is 0. The maximum absolute atomic E-state index is 8.85. The predicted octanol–water partition coefficient (Wildman–Crippen LogP) is 0.119. The molecular weight excluding hydrogens is 114 g/mol. The van der Waals surface area contributed by atoms with Gasteiger partial charge in [0.25, 0.3) is 0 Å². The minimum absolute atomic E-state index is 0.383. The molecule has 2 aliphatic rings. The molecule has 2 nitrogen and oxygen atoms in total. The fourth-order valence-corrected chi connectivity index (χ4v) is 2.14. The molecule has 0 unspecified atom stereocenters. The van der Waals surface area contributed by atoms with E-state index in [-0.39, 0.29) is 0 Å². The van der Waals surface area contributed by atoms with Crippen LogP contribution in [0.15, 0.2) is 0 Å². The lowest BCUT2D eigenvalue weighted by molar-refractivity contribution is 0.203. The predicted molar refractivity (Wildman–Crippen MR) is 35.1 cm³/mol. The lowest BCUT2D eigenvalue weighted by Crippen LogP contribution is -2.24. The van der Waals surface area contributed by atoms with Gasteiger partial charge in [0.1, 0.15) is 0 Å². The third kappa shape index (κ3) is 0.775. The number of hydrogen-bond donors (Lipinski definition) is 2. The van der Waals surface area contributed by atoms with Crippen molar-refractivity contribution >= 4 is 0 Å². The molecule has 0 aromatic carbocycles. The Morgan fingerprint density at radius 3 is 2.67 bits per heavy atom.